The van der Waals surface area contributed by atoms with Crippen molar-refractivity contribution in [2.24, 2.45) is 5.84 Å². The molecule has 0 saturated carbocycles. The molecule has 3 nitrogen and oxygen atoms in total. The molecular weight excluding hydrogens is 286 g/mol. The van der Waals surface area contributed by atoms with Crippen molar-refractivity contribution in [3.05, 3.63) is 64.7 Å². The van der Waals surface area contributed by atoms with E-state index in [4.69, 9.17) is 5.84 Å². The van der Waals surface area contributed by atoms with Crippen LogP contribution in [0.1, 0.15) is 28.3 Å². The topological polar surface area (TPSA) is 50.9 Å². The molecule has 1 heterocycles. The largest absolute Gasteiger partial charge is 0.416 e. The van der Waals surface area contributed by atoms with Crippen LogP contribution in [0.25, 0.3) is 0 Å². The van der Waals surface area contributed by atoms with Crippen LogP contribution in [0.2, 0.25) is 0 Å². The number of benzene rings is 1. The van der Waals surface area contributed by atoms with Gasteiger partial charge >= 0.3 is 6.18 Å². The van der Waals surface area contributed by atoms with Crippen LogP contribution in [0.4, 0.5) is 17.6 Å². The second-order valence-corrected chi connectivity index (χ2v) is 4.57. The van der Waals surface area contributed by atoms with Crippen LogP contribution >= 0.6 is 0 Å². The summed E-state index contributed by atoms with van der Waals surface area (Å²) in [6.07, 6.45) is -2.36. The lowest BCUT2D eigenvalue weighted by molar-refractivity contribution is -0.138. The van der Waals surface area contributed by atoms with Gasteiger partial charge in [0.05, 0.1) is 11.6 Å². The first-order chi connectivity index (χ1) is 9.84. The number of alkyl halides is 3. The van der Waals surface area contributed by atoms with Crippen molar-refractivity contribution in [3.8, 4) is 0 Å². The summed E-state index contributed by atoms with van der Waals surface area (Å²) in [4.78, 5) is 3.72. The second-order valence-electron chi connectivity index (χ2n) is 4.57. The number of hydrogen-bond acceptors (Lipinski definition) is 3. The van der Waals surface area contributed by atoms with Gasteiger partial charge in [-0.2, -0.15) is 13.2 Å². The van der Waals surface area contributed by atoms with Crippen LogP contribution in [-0.2, 0) is 6.18 Å². The molecule has 2 aromatic rings. The number of aryl methyl sites for hydroxylation is 1. The van der Waals surface area contributed by atoms with Crippen LogP contribution in [0.5, 0.6) is 0 Å². The van der Waals surface area contributed by atoms with E-state index >= 15 is 0 Å². The van der Waals surface area contributed by atoms with Gasteiger partial charge in [0.25, 0.3) is 0 Å². The number of nitrogens with zero attached hydrogens (tertiary/aromatic N) is 1. The third-order valence-electron chi connectivity index (χ3n) is 3.15. The first-order valence-corrected chi connectivity index (χ1v) is 6.08. The maximum Gasteiger partial charge on any atom is 0.416 e. The Labute approximate surface area is 118 Å². The molecule has 2 rings (SSSR count). The Balaban J connectivity index is 2.54. The lowest BCUT2D eigenvalue weighted by Gasteiger charge is -2.21. The van der Waals surface area contributed by atoms with Crippen LogP contribution in [0.3, 0.4) is 0 Å². The van der Waals surface area contributed by atoms with E-state index in [0.717, 1.165) is 18.5 Å². The fourth-order valence-corrected chi connectivity index (χ4v) is 2.11. The molecule has 3 N–H and O–H groups in total. The quantitative estimate of drug-likeness (QED) is 0.520. The highest BCUT2D eigenvalue weighted by Gasteiger charge is 2.35. The standard InChI is InChI=1S/C14H13F4N3/c1-8-6-9(2-3-12(8)15)13(21-19)10-7-20-5-4-11(10)14(16,17)18/h2-7,13,21H,19H2,1H3. The number of hydrazine groups is 1. The van der Waals surface area contributed by atoms with Crippen molar-refractivity contribution in [1.29, 1.82) is 0 Å². The van der Waals surface area contributed by atoms with Crippen molar-refractivity contribution < 1.29 is 17.6 Å². The van der Waals surface area contributed by atoms with Gasteiger partial charge in [-0.05, 0) is 30.2 Å². The smallest absolute Gasteiger partial charge is 0.271 e. The molecule has 0 saturated heterocycles. The minimum Gasteiger partial charge on any atom is -0.271 e. The number of aromatic nitrogens is 1. The van der Waals surface area contributed by atoms with Gasteiger partial charge < -0.3 is 0 Å². The Bertz CT molecular complexity index is 640. The molecule has 21 heavy (non-hydrogen) atoms. The van der Waals surface area contributed by atoms with E-state index in [1.54, 1.807) is 0 Å². The SMILES string of the molecule is Cc1cc(C(NN)c2cnccc2C(F)(F)F)ccc1F. The lowest BCUT2D eigenvalue weighted by atomic mass is 9.95. The van der Waals surface area contributed by atoms with E-state index in [1.807, 2.05) is 0 Å². The van der Waals surface area contributed by atoms with Gasteiger partial charge in [0.2, 0.25) is 0 Å². The van der Waals surface area contributed by atoms with Gasteiger partial charge in [-0.15, -0.1) is 0 Å². The van der Waals surface area contributed by atoms with E-state index in [1.165, 1.54) is 25.1 Å². The minimum absolute atomic E-state index is 0.112. The normalized spacial score (nSPS) is 13.2. The molecule has 0 bridgehead atoms. The fourth-order valence-electron chi connectivity index (χ4n) is 2.11. The molecule has 7 heteroatoms. The maximum atomic E-state index is 13.3. The summed E-state index contributed by atoms with van der Waals surface area (Å²) in [6.45, 7) is 1.53. The summed E-state index contributed by atoms with van der Waals surface area (Å²) in [7, 11) is 0. The van der Waals surface area contributed by atoms with E-state index in [9.17, 15) is 17.6 Å². The third-order valence-corrected chi connectivity index (χ3v) is 3.15. The predicted octanol–water partition coefficient (Wildman–Crippen LogP) is 3.10. The average Bonchev–Trinajstić information content (AvgIpc) is 2.43. The van der Waals surface area contributed by atoms with E-state index in [-0.39, 0.29) is 5.56 Å². The number of pyridine rings is 1. The number of nitrogens with one attached hydrogen (secondary N) is 1. The van der Waals surface area contributed by atoms with Crippen molar-refractivity contribution in [3.63, 3.8) is 0 Å². The minimum atomic E-state index is -4.53. The van der Waals surface area contributed by atoms with Crippen LogP contribution in [0.15, 0.2) is 36.7 Å². The average molecular weight is 299 g/mol. The number of rotatable bonds is 3. The fraction of sp³-hybridized carbons (Fsp3) is 0.214. The first-order valence-electron chi connectivity index (χ1n) is 6.08. The molecule has 1 aromatic carbocycles. The highest BCUT2D eigenvalue weighted by atomic mass is 19.4. The molecule has 0 spiro atoms. The summed E-state index contributed by atoms with van der Waals surface area (Å²) in [5.41, 5.74) is 2.14. The van der Waals surface area contributed by atoms with Crippen molar-refractivity contribution in [2.45, 2.75) is 19.1 Å². The van der Waals surface area contributed by atoms with Gasteiger partial charge in [0.1, 0.15) is 5.82 Å². The van der Waals surface area contributed by atoms with E-state index in [2.05, 4.69) is 10.4 Å². The van der Waals surface area contributed by atoms with E-state index < -0.39 is 23.6 Å². The molecule has 1 atom stereocenters. The second kappa shape index (κ2) is 5.79. The molecule has 0 amide bonds. The highest BCUT2D eigenvalue weighted by Crippen LogP contribution is 2.36. The summed E-state index contributed by atoms with van der Waals surface area (Å²) in [5, 5.41) is 0. The van der Waals surface area contributed by atoms with Crippen molar-refractivity contribution in [1.82, 2.24) is 10.4 Å². The van der Waals surface area contributed by atoms with Gasteiger partial charge in [-0.25, -0.2) is 9.82 Å². The zero-order valence-corrected chi connectivity index (χ0v) is 11.1. The Hall–Kier alpha value is -1.99. The molecule has 1 unspecified atom stereocenters. The van der Waals surface area contributed by atoms with Crippen molar-refractivity contribution in [2.75, 3.05) is 0 Å². The zero-order chi connectivity index (χ0) is 15.6. The molecule has 0 aliphatic heterocycles. The molecule has 112 valence electrons. The molecule has 1 aromatic heterocycles. The Morgan fingerprint density at radius 3 is 2.52 bits per heavy atom. The molecule has 0 fully saturated rings. The van der Waals surface area contributed by atoms with Crippen molar-refractivity contribution >= 4 is 0 Å². The summed E-state index contributed by atoms with van der Waals surface area (Å²) >= 11 is 0. The van der Waals surface area contributed by atoms with Gasteiger partial charge in [0.15, 0.2) is 0 Å². The van der Waals surface area contributed by atoms with E-state index in [0.29, 0.717) is 11.1 Å². The molecule has 0 aliphatic rings. The maximum absolute atomic E-state index is 13.3. The van der Waals surface area contributed by atoms with Crippen LogP contribution < -0.4 is 11.3 Å². The third kappa shape index (κ3) is 3.20. The predicted molar refractivity (Wildman–Crippen MR) is 69.5 cm³/mol. The Morgan fingerprint density at radius 1 is 1.24 bits per heavy atom. The molecule has 0 radical (unpaired) electrons. The zero-order valence-electron chi connectivity index (χ0n) is 11.1. The molecular formula is C14H13F4N3. The first kappa shape index (κ1) is 15.4. The highest BCUT2D eigenvalue weighted by molar-refractivity contribution is 5.38. The molecule has 0 aliphatic carbocycles. The van der Waals surface area contributed by atoms with Gasteiger partial charge in [-0.1, -0.05) is 12.1 Å². The van der Waals surface area contributed by atoms with Gasteiger partial charge in [0, 0.05) is 18.0 Å². The summed E-state index contributed by atoms with van der Waals surface area (Å²) in [5.74, 6) is 4.96. The number of hydrogen-bond donors (Lipinski definition) is 2. The Morgan fingerprint density at radius 2 is 1.95 bits per heavy atom. The summed E-state index contributed by atoms with van der Waals surface area (Å²) in [6, 6.07) is 3.98. The van der Waals surface area contributed by atoms with Crippen LogP contribution in [0, 0.1) is 12.7 Å². The lowest BCUT2D eigenvalue weighted by Crippen LogP contribution is -2.30. The Kier molecular flexibility index (Phi) is 4.24. The number of halogens is 4. The number of nitrogens with two attached hydrogens (primary N) is 1. The summed E-state index contributed by atoms with van der Waals surface area (Å²) < 4.78 is 52.4. The van der Waals surface area contributed by atoms with Crippen LogP contribution in [-0.4, -0.2) is 4.98 Å². The monoisotopic (exact) mass is 299 g/mol. The van der Waals surface area contributed by atoms with Gasteiger partial charge in [-0.3, -0.25) is 10.8 Å².